The molecule has 1 N–H and O–H groups in total. The van der Waals surface area contributed by atoms with Crippen LogP contribution in [0.15, 0.2) is 83.3 Å². The Hall–Kier alpha value is -2.57. The predicted molar refractivity (Wildman–Crippen MR) is 149 cm³/mol. The minimum atomic E-state index is -0.596. The first-order valence-electron chi connectivity index (χ1n) is 11.8. The Morgan fingerprint density at radius 2 is 1.60 bits per heavy atom. The zero-order chi connectivity index (χ0) is 25.2. The van der Waals surface area contributed by atoms with Crippen LogP contribution in [-0.4, -0.2) is 34.6 Å². The predicted octanol–water partition coefficient (Wildman–Crippen LogP) is 6.16. The lowest BCUT2D eigenvalue weighted by molar-refractivity contribution is -0.139. The van der Waals surface area contributed by atoms with E-state index in [1.54, 1.807) is 16.7 Å². The van der Waals surface area contributed by atoms with Crippen LogP contribution in [-0.2, 0) is 28.3 Å². The average Bonchev–Trinajstić information content (AvgIpc) is 2.82. The molecule has 0 radical (unpaired) electrons. The van der Waals surface area contributed by atoms with Crippen molar-refractivity contribution in [1.82, 2.24) is 10.2 Å². The van der Waals surface area contributed by atoms with E-state index < -0.39 is 6.04 Å². The summed E-state index contributed by atoms with van der Waals surface area (Å²) in [6, 6.07) is 25.6. The number of hydrogen-bond acceptors (Lipinski definition) is 3. The van der Waals surface area contributed by atoms with Gasteiger partial charge in [0.1, 0.15) is 6.04 Å². The van der Waals surface area contributed by atoms with Crippen molar-refractivity contribution in [3.8, 4) is 0 Å². The zero-order valence-electron chi connectivity index (χ0n) is 20.5. The molecule has 0 fully saturated rings. The number of carbonyl (C=O) groups excluding carboxylic acids is 2. The molecule has 4 nitrogen and oxygen atoms in total. The first-order valence-corrected chi connectivity index (χ1v) is 13.8. The maximum absolute atomic E-state index is 13.6. The van der Waals surface area contributed by atoms with E-state index in [1.807, 2.05) is 81.4 Å². The summed E-state index contributed by atoms with van der Waals surface area (Å²) in [6.07, 6.45) is 0.467. The van der Waals surface area contributed by atoms with Crippen molar-refractivity contribution in [3.05, 3.63) is 106 Å². The van der Waals surface area contributed by atoms with Crippen LogP contribution >= 0.6 is 27.7 Å². The number of benzene rings is 3. The Morgan fingerprint density at radius 1 is 0.914 bits per heavy atom. The topological polar surface area (TPSA) is 49.4 Å². The largest absolute Gasteiger partial charge is 0.352 e. The van der Waals surface area contributed by atoms with Gasteiger partial charge >= 0.3 is 0 Å². The van der Waals surface area contributed by atoms with E-state index in [0.717, 1.165) is 32.5 Å². The van der Waals surface area contributed by atoms with Crippen molar-refractivity contribution in [2.45, 2.75) is 51.6 Å². The monoisotopic (exact) mass is 552 g/mol. The Balaban J connectivity index is 1.84. The normalized spacial score (nSPS) is 11.8. The Morgan fingerprint density at radius 3 is 2.26 bits per heavy atom. The fourth-order valence-corrected chi connectivity index (χ4v) is 5.00. The summed E-state index contributed by atoms with van der Waals surface area (Å²) in [4.78, 5) is 28.7. The van der Waals surface area contributed by atoms with E-state index in [4.69, 9.17) is 0 Å². The first-order chi connectivity index (χ1) is 16.8. The molecule has 1 atom stereocenters. The fourth-order valence-electron chi connectivity index (χ4n) is 3.86. The lowest BCUT2D eigenvalue weighted by atomic mass is 10.0. The summed E-state index contributed by atoms with van der Waals surface area (Å²) < 4.78 is 1.03. The SMILES string of the molecule is Cc1cccc(CN(C(=O)CSCc2ccc(Br)cc2)[C@H](Cc2ccccc2)C(=O)NC(C)C)c1. The van der Waals surface area contributed by atoms with Crippen LogP contribution in [0.25, 0.3) is 0 Å². The number of thioether (sulfide) groups is 1. The maximum Gasteiger partial charge on any atom is 0.243 e. The lowest BCUT2D eigenvalue weighted by Gasteiger charge is -2.32. The van der Waals surface area contributed by atoms with Gasteiger partial charge in [0.25, 0.3) is 0 Å². The number of carbonyl (C=O) groups is 2. The maximum atomic E-state index is 13.6. The number of nitrogens with zero attached hydrogens (tertiary/aromatic N) is 1. The summed E-state index contributed by atoms with van der Waals surface area (Å²) in [5.74, 6) is 0.886. The second-order valence-corrected chi connectivity index (χ2v) is 10.9. The molecule has 35 heavy (non-hydrogen) atoms. The molecule has 3 aromatic rings. The second-order valence-electron chi connectivity index (χ2n) is 9.00. The number of hydrogen-bond donors (Lipinski definition) is 1. The minimum Gasteiger partial charge on any atom is -0.352 e. The molecule has 0 heterocycles. The quantitative estimate of drug-likeness (QED) is 0.310. The second kappa shape index (κ2) is 13.5. The smallest absolute Gasteiger partial charge is 0.243 e. The molecule has 3 aromatic carbocycles. The Kier molecular flexibility index (Phi) is 10.4. The van der Waals surface area contributed by atoms with E-state index in [2.05, 4.69) is 39.4 Å². The Labute approximate surface area is 221 Å². The highest BCUT2D eigenvalue weighted by Crippen LogP contribution is 2.20. The van der Waals surface area contributed by atoms with Crippen LogP contribution in [0.1, 0.15) is 36.1 Å². The molecular weight excluding hydrogens is 520 g/mol. The van der Waals surface area contributed by atoms with Gasteiger partial charge in [0.15, 0.2) is 0 Å². The van der Waals surface area contributed by atoms with E-state index in [9.17, 15) is 9.59 Å². The third-order valence-electron chi connectivity index (χ3n) is 5.54. The molecule has 6 heteroatoms. The third kappa shape index (κ3) is 8.86. The van der Waals surface area contributed by atoms with Gasteiger partial charge in [-0.15, -0.1) is 11.8 Å². The van der Waals surface area contributed by atoms with Crippen molar-refractivity contribution < 1.29 is 9.59 Å². The number of rotatable bonds is 11. The molecule has 0 spiro atoms. The van der Waals surface area contributed by atoms with Crippen molar-refractivity contribution in [1.29, 1.82) is 0 Å². The van der Waals surface area contributed by atoms with Gasteiger partial charge in [-0.25, -0.2) is 0 Å². The molecule has 0 unspecified atom stereocenters. The van der Waals surface area contributed by atoms with Gasteiger partial charge in [-0.3, -0.25) is 9.59 Å². The number of amides is 2. The first kappa shape index (κ1) is 27.0. The van der Waals surface area contributed by atoms with Crippen molar-refractivity contribution >= 4 is 39.5 Å². The van der Waals surface area contributed by atoms with Crippen molar-refractivity contribution in [2.24, 2.45) is 0 Å². The van der Waals surface area contributed by atoms with Gasteiger partial charge in [0, 0.05) is 29.2 Å². The molecule has 0 aliphatic carbocycles. The van der Waals surface area contributed by atoms with Crippen LogP contribution in [0.2, 0.25) is 0 Å². The van der Waals surface area contributed by atoms with E-state index >= 15 is 0 Å². The molecule has 0 bridgehead atoms. The van der Waals surface area contributed by atoms with Gasteiger partial charge in [0.2, 0.25) is 11.8 Å². The summed E-state index contributed by atoms with van der Waals surface area (Å²) >= 11 is 5.03. The third-order valence-corrected chi connectivity index (χ3v) is 7.06. The zero-order valence-corrected chi connectivity index (χ0v) is 22.9. The van der Waals surface area contributed by atoms with Crippen LogP contribution in [0.5, 0.6) is 0 Å². The summed E-state index contributed by atoms with van der Waals surface area (Å²) in [5.41, 5.74) is 4.34. The lowest BCUT2D eigenvalue weighted by Crippen LogP contribution is -2.52. The van der Waals surface area contributed by atoms with E-state index in [0.29, 0.717) is 18.7 Å². The van der Waals surface area contributed by atoms with Gasteiger partial charge in [-0.05, 0) is 49.6 Å². The molecule has 0 saturated carbocycles. The standard InChI is InChI=1S/C29H33BrN2O2S/c1-21(2)31-29(34)27(17-23-9-5-4-6-10-23)32(18-25-11-7-8-22(3)16-25)28(33)20-35-19-24-12-14-26(30)15-13-24/h4-16,21,27H,17-20H2,1-3H3,(H,31,34)/t27-/m1/s1. The van der Waals surface area contributed by atoms with Gasteiger partial charge in [0.05, 0.1) is 5.75 Å². The highest BCUT2D eigenvalue weighted by atomic mass is 79.9. The molecule has 0 aliphatic heterocycles. The fraction of sp³-hybridized carbons (Fsp3) is 0.310. The van der Waals surface area contributed by atoms with Crippen molar-refractivity contribution in [3.63, 3.8) is 0 Å². The summed E-state index contributed by atoms with van der Waals surface area (Å²) in [5, 5.41) is 3.04. The number of halogens is 1. The van der Waals surface area contributed by atoms with Crippen LogP contribution in [0, 0.1) is 6.92 Å². The summed E-state index contributed by atoms with van der Waals surface area (Å²) in [6.45, 7) is 6.32. The van der Waals surface area contributed by atoms with Gasteiger partial charge in [-0.2, -0.15) is 0 Å². The van der Waals surface area contributed by atoms with Crippen LogP contribution < -0.4 is 5.32 Å². The van der Waals surface area contributed by atoms with E-state index in [1.165, 1.54) is 0 Å². The van der Waals surface area contributed by atoms with Crippen LogP contribution in [0.3, 0.4) is 0 Å². The molecule has 3 rings (SSSR count). The van der Waals surface area contributed by atoms with Gasteiger partial charge < -0.3 is 10.2 Å². The molecule has 0 aromatic heterocycles. The molecule has 0 saturated heterocycles. The minimum absolute atomic E-state index is 0.0107. The van der Waals surface area contributed by atoms with Crippen molar-refractivity contribution in [2.75, 3.05) is 5.75 Å². The molecule has 184 valence electrons. The molecule has 0 aliphatic rings. The molecular formula is C29H33BrN2O2S. The Bertz CT molecular complexity index is 1100. The highest BCUT2D eigenvalue weighted by Gasteiger charge is 2.30. The summed E-state index contributed by atoms with van der Waals surface area (Å²) in [7, 11) is 0. The number of nitrogens with one attached hydrogen (secondary N) is 1. The average molecular weight is 554 g/mol. The van der Waals surface area contributed by atoms with Crippen LogP contribution in [0.4, 0.5) is 0 Å². The highest BCUT2D eigenvalue weighted by molar-refractivity contribution is 9.10. The number of aryl methyl sites for hydroxylation is 1. The molecule has 2 amide bonds. The van der Waals surface area contributed by atoms with Gasteiger partial charge in [-0.1, -0.05) is 88.2 Å². The van der Waals surface area contributed by atoms with E-state index in [-0.39, 0.29) is 17.9 Å².